The lowest BCUT2D eigenvalue weighted by molar-refractivity contribution is -0.140. The Morgan fingerprint density at radius 3 is 2.48 bits per heavy atom. The van der Waals surface area contributed by atoms with Crippen LogP contribution in [-0.4, -0.2) is 24.8 Å². The van der Waals surface area contributed by atoms with E-state index in [0.717, 1.165) is 25.7 Å². The number of para-hydroxylation sites is 1. The van der Waals surface area contributed by atoms with Gasteiger partial charge in [-0.2, -0.15) is 0 Å². The molecule has 7 heteroatoms. The van der Waals surface area contributed by atoms with Gasteiger partial charge in [0.25, 0.3) is 0 Å². The third-order valence-corrected chi connectivity index (χ3v) is 3.97. The SMILES string of the molecule is Cl.NC(N)=NCC1CCC(C(=O)Oc2ccccc2C=O)CC1. The Kier molecular flexibility index (Phi) is 7.54. The molecule has 1 aromatic carbocycles. The fourth-order valence-corrected chi connectivity index (χ4v) is 2.68. The summed E-state index contributed by atoms with van der Waals surface area (Å²) in [5, 5.41) is 0. The van der Waals surface area contributed by atoms with Crippen LogP contribution in [0.2, 0.25) is 0 Å². The van der Waals surface area contributed by atoms with Crippen molar-refractivity contribution in [1.82, 2.24) is 0 Å². The van der Waals surface area contributed by atoms with Gasteiger partial charge in [0.2, 0.25) is 0 Å². The molecule has 1 aromatic rings. The van der Waals surface area contributed by atoms with E-state index >= 15 is 0 Å². The zero-order valence-corrected chi connectivity index (χ0v) is 13.6. The molecule has 0 spiro atoms. The lowest BCUT2D eigenvalue weighted by Crippen LogP contribution is -2.28. The van der Waals surface area contributed by atoms with Crippen LogP contribution in [0.25, 0.3) is 0 Å². The van der Waals surface area contributed by atoms with Gasteiger partial charge in [-0.3, -0.25) is 14.6 Å². The molecule has 1 aliphatic carbocycles. The standard InChI is InChI=1S/C16H21N3O3.ClH/c17-16(18)19-9-11-5-7-12(8-6-11)15(21)22-14-4-2-1-3-13(14)10-20;/h1-4,10-12H,5-9H2,(H4,17,18,19);1H. The van der Waals surface area contributed by atoms with E-state index < -0.39 is 0 Å². The van der Waals surface area contributed by atoms with Crippen molar-refractivity contribution in [2.75, 3.05) is 6.54 Å². The molecule has 0 atom stereocenters. The molecule has 0 aliphatic heterocycles. The second-order valence-electron chi connectivity index (χ2n) is 5.56. The summed E-state index contributed by atoms with van der Waals surface area (Å²) in [5.74, 6) is 0.440. The van der Waals surface area contributed by atoms with Crippen LogP contribution in [0.4, 0.5) is 0 Å². The van der Waals surface area contributed by atoms with E-state index in [2.05, 4.69) is 4.99 Å². The van der Waals surface area contributed by atoms with E-state index in [-0.39, 0.29) is 30.3 Å². The zero-order chi connectivity index (χ0) is 15.9. The van der Waals surface area contributed by atoms with Gasteiger partial charge >= 0.3 is 5.97 Å². The van der Waals surface area contributed by atoms with E-state index in [1.165, 1.54) is 0 Å². The number of hydrogen-bond acceptors (Lipinski definition) is 4. The summed E-state index contributed by atoms with van der Waals surface area (Å²) in [6.45, 7) is 0.609. The Balaban J connectivity index is 0.00000264. The summed E-state index contributed by atoms with van der Waals surface area (Å²) in [5.41, 5.74) is 11.0. The number of benzene rings is 1. The van der Waals surface area contributed by atoms with Crippen molar-refractivity contribution in [3.05, 3.63) is 29.8 Å². The number of carbonyl (C=O) groups excluding carboxylic acids is 2. The minimum Gasteiger partial charge on any atom is -0.426 e. The van der Waals surface area contributed by atoms with Crippen molar-refractivity contribution in [2.45, 2.75) is 25.7 Å². The number of aliphatic imine (C=N–C) groups is 1. The van der Waals surface area contributed by atoms with E-state index in [1.54, 1.807) is 24.3 Å². The van der Waals surface area contributed by atoms with Crippen LogP contribution in [0.5, 0.6) is 5.75 Å². The highest BCUT2D eigenvalue weighted by molar-refractivity contribution is 5.85. The summed E-state index contributed by atoms with van der Waals surface area (Å²) >= 11 is 0. The summed E-state index contributed by atoms with van der Waals surface area (Å²) in [6, 6.07) is 6.73. The molecule has 0 unspecified atom stereocenters. The van der Waals surface area contributed by atoms with Crippen molar-refractivity contribution in [3.8, 4) is 5.75 Å². The molecular formula is C16H22ClN3O3. The van der Waals surface area contributed by atoms with E-state index in [9.17, 15) is 9.59 Å². The van der Waals surface area contributed by atoms with Crippen LogP contribution in [0.15, 0.2) is 29.3 Å². The number of aldehydes is 1. The van der Waals surface area contributed by atoms with Gasteiger partial charge in [0.15, 0.2) is 12.2 Å². The first kappa shape index (κ1) is 19.0. The Morgan fingerprint density at radius 2 is 1.87 bits per heavy atom. The van der Waals surface area contributed by atoms with Gasteiger partial charge in [-0.25, -0.2) is 0 Å². The van der Waals surface area contributed by atoms with Gasteiger partial charge in [-0.15, -0.1) is 12.4 Å². The maximum atomic E-state index is 12.2. The number of ether oxygens (including phenoxy) is 1. The van der Waals surface area contributed by atoms with Gasteiger partial charge < -0.3 is 16.2 Å². The first-order chi connectivity index (χ1) is 10.6. The highest BCUT2D eigenvalue weighted by Crippen LogP contribution is 2.30. The van der Waals surface area contributed by atoms with Gasteiger partial charge in [0.05, 0.1) is 11.5 Å². The second kappa shape index (κ2) is 9.15. The van der Waals surface area contributed by atoms with Crippen LogP contribution in [0.3, 0.4) is 0 Å². The average molecular weight is 340 g/mol. The van der Waals surface area contributed by atoms with Crippen LogP contribution in [0.1, 0.15) is 36.0 Å². The molecule has 2 rings (SSSR count). The zero-order valence-electron chi connectivity index (χ0n) is 12.8. The minimum atomic E-state index is -0.269. The molecule has 1 saturated carbocycles. The fraction of sp³-hybridized carbons (Fsp3) is 0.438. The van der Waals surface area contributed by atoms with Gasteiger partial charge in [-0.1, -0.05) is 12.1 Å². The average Bonchev–Trinajstić information content (AvgIpc) is 2.54. The smallest absolute Gasteiger partial charge is 0.314 e. The van der Waals surface area contributed by atoms with Crippen molar-refractivity contribution in [1.29, 1.82) is 0 Å². The van der Waals surface area contributed by atoms with Gasteiger partial charge in [-0.05, 0) is 43.7 Å². The normalized spacial score (nSPS) is 20.0. The molecule has 0 saturated heterocycles. The predicted octanol–water partition coefficient (Wildman–Crippen LogP) is 1.91. The number of hydrogen-bond donors (Lipinski definition) is 2. The maximum Gasteiger partial charge on any atom is 0.314 e. The first-order valence-electron chi connectivity index (χ1n) is 7.41. The van der Waals surface area contributed by atoms with Crippen LogP contribution in [0, 0.1) is 11.8 Å². The maximum absolute atomic E-state index is 12.2. The molecule has 0 aromatic heterocycles. The van der Waals surface area contributed by atoms with Crippen molar-refractivity contribution >= 4 is 30.6 Å². The number of carbonyl (C=O) groups is 2. The molecule has 6 nitrogen and oxygen atoms in total. The quantitative estimate of drug-likeness (QED) is 0.280. The van der Waals surface area contributed by atoms with Gasteiger partial charge in [0, 0.05) is 6.54 Å². The molecule has 1 aliphatic rings. The summed E-state index contributed by atoms with van der Waals surface area (Å²) < 4.78 is 5.37. The van der Waals surface area contributed by atoms with Crippen molar-refractivity contribution < 1.29 is 14.3 Å². The molecule has 0 radical (unpaired) electrons. The predicted molar refractivity (Wildman–Crippen MR) is 90.8 cm³/mol. The molecule has 1 fully saturated rings. The minimum absolute atomic E-state index is 0. The largest absolute Gasteiger partial charge is 0.426 e. The third-order valence-electron chi connectivity index (χ3n) is 3.97. The Hall–Kier alpha value is -2.08. The molecule has 126 valence electrons. The Morgan fingerprint density at radius 1 is 1.22 bits per heavy atom. The third kappa shape index (κ3) is 5.56. The fourth-order valence-electron chi connectivity index (χ4n) is 2.68. The molecule has 0 amide bonds. The monoisotopic (exact) mass is 339 g/mol. The molecule has 0 bridgehead atoms. The Bertz CT molecular complexity index is 565. The molecule has 4 N–H and O–H groups in total. The molecular weight excluding hydrogens is 318 g/mol. The van der Waals surface area contributed by atoms with Crippen LogP contribution < -0.4 is 16.2 Å². The van der Waals surface area contributed by atoms with Crippen molar-refractivity contribution in [3.63, 3.8) is 0 Å². The number of nitrogens with zero attached hydrogens (tertiary/aromatic N) is 1. The van der Waals surface area contributed by atoms with Crippen molar-refractivity contribution in [2.24, 2.45) is 28.3 Å². The Labute approximate surface area is 141 Å². The molecule has 0 heterocycles. The lowest BCUT2D eigenvalue weighted by atomic mass is 9.82. The number of halogens is 1. The van der Waals surface area contributed by atoms with Crippen LogP contribution in [-0.2, 0) is 4.79 Å². The summed E-state index contributed by atoms with van der Waals surface area (Å²) in [7, 11) is 0. The first-order valence-corrected chi connectivity index (χ1v) is 7.41. The van der Waals surface area contributed by atoms with Crippen LogP contribution >= 0.6 is 12.4 Å². The van der Waals surface area contributed by atoms with E-state index in [1.807, 2.05) is 0 Å². The van der Waals surface area contributed by atoms with Gasteiger partial charge in [0.1, 0.15) is 5.75 Å². The number of rotatable bonds is 5. The number of nitrogens with two attached hydrogens (primary N) is 2. The highest BCUT2D eigenvalue weighted by atomic mass is 35.5. The topological polar surface area (TPSA) is 108 Å². The summed E-state index contributed by atoms with van der Waals surface area (Å²) in [6.07, 6.45) is 3.99. The number of guanidine groups is 1. The molecule has 23 heavy (non-hydrogen) atoms. The van der Waals surface area contributed by atoms with E-state index in [0.29, 0.717) is 30.1 Å². The number of esters is 1. The lowest BCUT2D eigenvalue weighted by Gasteiger charge is -2.26. The second-order valence-corrected chi connectivity index (χ2v) is 5.56. The highest BCUT2D eigenvalue weighted by Gasteiger charge is 2.28. The summed E-state index contributed by atoms with van der Waals surface area (Å²) in [4.78, 5) is 27.2. The van der Waals surface area contributed by atoms with E-state index in [4.69, 9.17) is 16.2 Å².